The summed E-state index contributed by atoms with van der Waals surface area (Å²) in [5, 5.41) is 12.2. The van der Waals surface area contributed by atoms with Gasteiger partial charge < -0.3 is 9.32 Å². The molecule has 0 atom stereocenters. The summed E-state index contributed by atoms with van der Waals surface area (Å²) < 4.78 is 6.57. The zero-order chi connectivity index (χ0) is 35.6. The monoisotopic (exact) mass is 687 g/mol. The maximum atomic E-state index is 6.57. The summed E-state index contributed by atoms with van der Waals surface area (Å²) in [6.45, 7) is 0. The Morgan fingerprint density at radius 3 is 1.56 bits per heavy atom. The Hall–Kier alpha value is -7.16. The van der Waals surface area contributed by atoms with Crippen molar-refractivity contribution < 1.29 is 4.42 Å². The minimum absolute atomic E-state index is 0.870. The minimum Gasteiger partial charge on any atom is -0.456 e. The molecule has 252 valence electrons. The van der Waals surface area contributed by atoms with E-state index in [9.17, 15) is 0 Å². The normalized spacial score (nSPS) is 11.7. The first-order chi connectivity index (χ1) is 26.7. The number of rotatable bonds is 5. The van der Waals surface area contributed by atoms with Crippen LogP contribution >= 0.6 is 0 Å². The van der Waals surface area contributed by atoms with E-state index in [1.165, 1.54) is 65.3 Å². The second kappa shape index (κ2) is 12.2. The Kier molecular flexibility index (Phi) is 6.90. The lowest BCUT2D eigenvalue weighted by Crippen LogP contribution is -2.09. The van der Waals surface area contributed by atoms with Gasteiger partial charge in [0, 0.05) is 33.9 Å². The van der Waals surface area contributed by atoms with Gasteiger partial charge >= 0.3 is 0 Å². The third-order valence-electron chi connectivity index (χ3n) is 11.0. The molecule has 0 aliphatic heterocycles. The van der Waals surface area contributed by atoms with Crippen LogP contribution in [-0.4, -0.2) is 0 Å². The summed E-state index contributed by atoms with van der Waals surface area (Å²) in [5.41, 5.74) is 9.79. The van der Waals surface area contributed by atoms with E-state index in [2.05, 4.69) is 205 Å². The molecule has 0 N–H and O–H groups in total. The molecular formula is C52H33NO. The molecule has 2 heteroatoms. The van der Waals surface area contributed by atoms with Crippen LogP contribution in [0.4, 0.5) is 17.1 Å². The van der Waals surface area contributed by atoms with Gasteiger partial charge in [0.1, 0.15) is 11.2 Å². The first-order valence-corrected chi connectivity index (χ1v) is 18.5. The van der Waals surface area contributed by atoms with Crippen LogP contribution in [0.3, 0.4) is 0 Å². The fourth-order valence-corrected chi connectivity index (χ4v) is 8.39. The Labute approximate surface area is 312 Å². The molecule has 0 saturated heterocycles. The third-order valence-corrected chi connectivity index (χ3v) is 11.0. The highest BCUT2D eigenvalue weighted by molar-refractivity contribution is 6.14. The Bertz CT molecular complexity index is 3200. The van der Waals surface area contributed by atoms with Gasteiger partial charge in [-0.05, 0) is 120 Å². The maximum Gasteiger partial charge on any atom is 0.137 e. The highest BCUT2D eigenvalue weighted by Crippen LogP contribution is 2.42. The maximum absolute atomic E-state index is 6.57. The number of benzene rings is 10. The zero-order valence-corrected chi connectivity index (χ0v) is 29.4. The molecule has 0 radical (unpaired) electrons. The molecule has 0 spiro atoms. The summed E-state index contributed by atoms with van der Waals surface area (Å²) in [5.74, 6) is 0. The van der Waals surface area contributed by atoms with E-state index >= 15 is 0 Å². The summed E-state index contributed by atoms with van der Waals surface area (Å²) in [7, 11) is 0. The Balaban J connectivity index is 1.05. The number of fused-ring (bicyclic) bond motifs is 8. The van der Waals surface area contributed by atoms with Gasteiger partial charge in [-0.1, -0.05) is 140 Å². The molecule has 2 nitrogen and oxygen atoms in total. The van der Waals surface area contributed by atoms with Gasteiger partial charge in [0.2, 0.25) is 0 Å². The lowest BCUT2D eigenvalue weighted by atomic mass is 9.93. The molecule has 0 fully saturated rings. The van der Waals surface area contributed by atoms with Crippen molar-refractivity contribution >= 4 is 82.1 Å². The number of hydrogen-bond acceptors (Lipinski definition) is 2. The highest BCUT2D eigenvalue weighted by atomic mass is 16.3. The molecule has 11 rings (SSSR count). The average Bonchev–Trinajstić information content (AvgIpc) is 3.59. The van der Waals surface area contributed by atoms with E-state index < -0.39 is 0 Å². The summed E-state index contributed by atoms with van der Waals surface area (Å²) in [4.78, 5) is 2.33. The molecule has 0 bridgehead atoms. The zero-order valence-electron chi connectivity index (χ0n) is 29.4. The lowest BCUT2D eigenvalue weighted by Gasteiger charge is -2.26. The largest absolute Gasteiger partial charge is 0.456 e. The van der Waals surface area contributed by atoms with E-state index in [1.54, 1.807) is 0 Å². The van der Waals surface area contributed by atoms with Gasteiger partial charge in [0.25, 0.3) is 0 Å². The van der Waals surface area contributed by atoms with E-state index in [1.807, 2.05) is 0 Å². The van der Waals surface area contributed by atoms with Crippen molar-refractivity contribution in [3.05, 3.63) is 200 Å². The summed E-state index contributed by atoms with van der Waals surface area (Å²) in [6.07, 6.45) is 0. The summed E-state index contributed by atoms with van der Waals surface area (Å²) in [6, 6.07) is 72.3. The second-order valence-corrected chi connectivity index (χ2v) is 14.1. The van der Waals surface area contributed by atoms with Crippen LogP contribution in [0.1, 0.15) is 0 Å². The van der Waals surface area contributed by atoms with E-state index in [-0.39, 0.29) is 0 Å². The number of furan rings is 1. The molecule has 11 aromatic rings. The van der Waals surface area contributed by atoms with Crippen molar-refractivity contribution in [3.8, 4) is 22.3 Å². The first-order valence-electron chi connectivity index (χ1n) is 18.5. The van der Waals surface area contributed by atoms with Gasteiger partial charge in [-0.15, -0.1) is 0 Å². The molecule has 10 aromatic carbocycles. The van der Waals surface area contributed by atoms with Gasteiger partial charge in [-0.2, -0.15) is 0 Å². The quantitative estimate of drug-likeness (QED) is 0.168. The fourth-order valence-electron chi connectivity index (χ4n) is 8.39. The third kappa shape index (κ3) is 4.96. The standard InChI is InChI=1S/C52H33NO/c1-2-12-38-32-51-50(30-37(38)11-1)48-29-28-42(33-52(48)54-51)53(40-24-20-35(21-25-40)44-19-9-14-34-10-3-5-15-43(34)44)41-26-22-36(23-27-41)49-31-39-13-4-6-16-45(39)46-17-7-8-18-47(46)49/h1-33H. The van der Waals surface area contributed by atoms with Crippen LogP contribution in [0.2, 0.25) is 0 Å². The predicted octanol–water partition coefficient (Wildman–Crippen LogP) is 15.0. The van der Waals surface area contributed by atoms with Gasteiger partial charge in [-0.25, -0.2) is 0 Å². The van der Waals surface area contributed by atoms with E-state index in [0.29, 0.717) is 0 Å². The van der Waals surface area contributed by atoms with Crippen LogP contribution in [-0.2, 0) is 0 Å². The van der Waals surface area contributed by atoms with Gasteiger partial charge in [0.15, 0.2) is 0 Å². The molecule has 54 heavy (non-hydrogen) atoms. The molecular weight excluding hydrogens is 655 g/mol. The highest BCUT2D eigenvalue weighted by Gasteiger charge is 2.17. The second-order valence-electron chi connectivity index (χ2n) is 14.1. The molecule has 0 amide bonds. The van der Waals surface area contributed by atoms with Crippen molar-refractivity contribution in [1.29, 1.82) is 0 Å². The molecule has 1 aromatic heterocycles. The molecule has 1 heterocycles. The van der Waals surface area contributed by atoms with E-state index in [4.69, 9.17) is 4.42 Å². The number of anilines is 3. The lowest BCUT2D eigenvalue weighted by molar-refractivity contribution is 0.669. The number of nitrogens with zero attached hydrogens (tertiary/aromatic N) is 1. The number of hydrogen-bond donors (Lipinski definition) is 0. The molecule has 0 saturated carbocycles. The van der Waals surface area contributed by atoms with Crippen LogP contribution in [0.15, 0.2) is 205 Å². The average molecular weight is 688 g/mol. The smallest absolute Gasteiger partial charge is 0.137 e. The predicted molar refractivity (Wildman–Crippen MR) is 229 cm³/mol. The van der Waals surface area contributed by atoms with Gasteiger partial charge in [-0.3, -0.25) is 0 Å². The fraction of sp³-hybridized carbons (Fsp3) is 0. The van der Waals surface area contributed by atoms with Crippen molar-refractivity contribution in [1.82, 2.24) is 0 Å². The van der Waals surface area contributed by atoms with E-state index in [0.717, 1.165) is 39.0 Å². The van der Waals surface area contributed by atoms with Crippen LogP contribution in [0, 0.1) is 0 Å². The van der Waals surface area contributed by atoms with Gasteiger partial charge in [0.05, 0.1) is 0 Å². The topological polar surface area (TPSA) is 16.4 Å². The summed E-state index contributed by atoms with van der Waals surface area (Å²) >= 11 is 0. The van der Waals surface area contributed by atoms with Crippen molar-refractivity contribution in [2.24, 2.45) is 0 Å². The molecule has 0 aliphatic rings. The van der Waals surface area contributed by atoms with Crippen LogP contribution in [0.25, 0.3) is 87.3 Å². The SMILES string of the molecule is c1ccc2cc3c(cc2c1)oc1cc(N(c2ccc(-c4cccc5ccccc45)cc2)c2ccc(-c4cc5ccccc5c5ccccc45)cc2)ccc13. The Morgan fingerprint density at radius 1 is 0.278 bits per heavy atom. The first kappa shape index (κ1) is 30.5. The Morgan fingerprint density at radius 2 is 0.815 bits per heavy atom. The molecule has 0 aliphatic carbocycles. The van der Waals surface area contributed by atoms with Crippen molar-refractivity contribution in [3.63, 3.8) is 0 Å². The minimum atomic E-state index is 0.870. The molecule has 0 unspecified atom stereocenters. The van der Waals surface area contributed by atoms with Crippen LogP contribution < -0.4 is 4.90 Å². The van der Waals surface area contributed by atoms with Crippen molar-refractivity contribution in [2.75, 3.05) is 4.90 Å². The van der Waals surface area contributed by atoms with Crippen molar-refractivity contribution in [2.45, 2.75) is 0 Å². The van der Waals surface area contributed by atoms with Crippen LogP contribution in [0.5, 0.6) is 0 Å².